The molecule has 2 aromatic carbocycles. The number of halogens is 1. The number of nitrogens with zero attached hydrogens (tertiary/aromatic N) is 2. The van der Waals surface area contributed by atoms with Gasteiger partial charge < -0.3 is 19.9 Å². The van der Waals surface area contributed by atoms with Crippen LogP contribution >= 0.6 is 11.6 Å². The van der Waals surface area contributed by atoms with Gasteiger partial charge in [-0.3, -0.25) is 4.79 Å². The van der Waals surface area contributed by atoms with E-state index < -0.39 is 0 Å². The second-order valence-electron chi connectivity index (χ2n) is 6.47. The Hall–Kier alpha value is -2.24. The van der Waals surface area contributed by atoms with Gasteiger partial charge in [-0.05, 0) is 43.8 Å². The zero-order chi connectivity index (χ0) is 19.2. The number of anilines is 2. The van der Waals surface area contributed by atoms with Crippen LogP contribution in [0.3, 0.4) is 0 Å². The van der Waals surface area contributed by atoms with Crippen LogP contribution in [0.2, 0.25) is 5.02 Å². The number of hydrogen-bond acceptors (Lipinski definition) is 4. The summed E-state index contributed by atoms with van der Waals surface area (Å²) in [6.07, 6.45) is 0. The van der Waals surface area contributed by atoms with Gasteiger partial charge in [0.2, 0.25) is 0 Å². The summed E-state index contributed by atoms with van der Waals surface area (Å²) in [6, 6.07) is 12.8. The van der Waals surface area contributed by atoms with E-state index in [2.05, 4.69) is 22.0 Å². The SMILES string of the molecule is CCOc1cccc(C(=O)Nc2cccc(Cl)c2N2CCN(CC)CC2)c1. The summed E-state index contributed by atoms with van der Waals surface area (Å²) >= 11 is 6.50. The first-order chi connectivity index (χ1) is 13.1. The number of para-hydroxylation sites is 1. The molecule has 0 aliphatic carbocycles. The van der Waals surface area contributed by atoms with Gasteiger partial charge in [0.25, 0.3) is 5.91 Å². The molecule has 1 amide bonds. The first kappa shape index (κ1) is 19.5. The summed E-state index contributed by atoms with van der Waals surface area (Å²) in [4.78, 5) is 17.4. The molecule has 0 spiro atoms. The number of hydrogen-bond donors (Lipinski definition) is 1. The summed E-state index contributed by atoms with van der Waals surface area (Å²) in [5, 5.41) is 3.68. The zero-order valence-corrected chi connectivity index (χ0v) is 16.6. The smallest absolute Gasteiger partial charge is 0.255 e. The van der Waals surface area contributed by atoms with Crippen molar-refractivity contribution in [2.45, 2.75) is 13.8 Å². The van der Waals surface area contributed by atoms with Crippen molar-refractivity contribution in [1.29, 1.82) is 0 Å². The summed E-state index contributed by atoms with van der Waals surface area (Å²) in [7, 11) is 0. The van der Waals surface area contributed by atoms with E-state index in [1.165, 1.54) is 0 Å². The van der Waals surface area contributed by atoms with Gasteiger partial charge in [0.1, 0.15) is 5.75 Å². The van der Waals surface area contributed by atoms with E-state index in [0.29, 0.717) is 22.9 Å². The third-order valence-electron chi connectivity index (χ3n) is 4.78. The molecule has 5 nitrogen and oxygen atoms in total. The Morgan fingerprint density at radius 3 is 2.56 bits per heavy atom. The monoisotopic (exact) mass is 387 g/mol. The predicted octanol–water partition coefficient (Wildman–Crippen LogP) is 4.13. The van der Waals surface area contributed by atoms with Crippen molar-refractivity contribution in [3.8, 4) is 5.75 Å². The molecule has 1 fully saturated rings. The van der Waals surface area contributed by atoms with Gasteiger partial charge in [0, 0.05) is 31.7 Å². The van der Waals surface area contributed by atoms with Crippen LogP contribution in [-0.2, 0) is 0 Å². The van der Waals surface area contributed by atoms with Crippen LogP contribution in [0.5, 0.6) is 5.75 Å². The summed E-state index contributed by atoms with van der Waals surface area (Å²) in [5.41, 5.74) is 2.19. The van der Waals surface area contributed by atoms with Crippen molar-refractivity contribution in [2.24, 2.45) is 0 Å². The maximum atomic E-state index is 12.8. The Labute approximate surface area is 165 Å². The van der Waals surface area contributed by atoms with E-state index >= 15 is 0 Å². The minimum absolute atomic E-state index is 0.174. The maximum Gasteiger partial charge on any atom is 0.255 e. The molecule has 1 aliphatic heterocycles. The molecule has 3 rings (SSSR count). The molecule has 0 saturated carbocycles. The van der Waals surface area contributed by atoms with Crippen molar-refractivity contribution in [1.82, 2.24) is 4.90 Å². The van der Waals surface area contributed by atoms with Crippen molar-refractivity contribution in [2.75, 3.05) is 49.5 Å². The number of piperazine rings is 1. The molecule has 0 bridgehead atoms. The van der Waals surface area contributed by atoms with Crippen molar-refractivity contribution in [3.63, 3.8) is 0 Å². The molecule has 0 atom stereocenters. The molecule has 0 aromatic heterocycles. The van der Waals surface area contributed by atoms with Crippen LogP contribution in [0.25, 0.3) is 0 Å². The zero-order valence-electron chi connectivity index (χ0n) is 15.9. The third-order valence-corrected chi connectivity index (χ3v) is 5.08. The predicted molar refractivity (Wildman–Crippen MR) is 111 cm³/mol. The van der Waals surface area contributed by atoms with Crippen molar-refractivity contribution >= 4 is 28.9 Å². The number of carbonyl (C=O) groups is 1. The van der Waals surface area contributed by atoms with E-state index in [1.54, 1.807) is 12.1 Å². The van der Waals surface area contributed by atoms with Gasteiger partial charge in [-0.15, -0.1) is 0 Å². The van der Waals surface area contributed by atoms with Crippen LogP contribution in [0, 0.1) is 0 Å². The Bertz CT molecular complexity index is 789. The first-order valence-electron chi connectivity index (χ1n) is 9.42. The van der Waals surface area contributed by atoms with E-state index in [4.69, 9.17) is 16.3 Å². The molecule has 2 aromatic rings. The number of nitrogens with one attached hydrogen (secondary N) is 1. The molecular weight excluding hydrogens is 362 g/mol. The number of carbonyl (C=O) groups excluding carboxylic acids is 1. The minimum Gasteiger partial charge on any atom is -0.494 e. The van der Waals surface area contributed by atoms with Crippen LogP contribution in [0.15, 0.2) is 42.5 Å². The van der Waals surface area contributed by atoms with Gasteiger partial charge in [0.15, 0.2) is 0 Å². The lowest BCUT2D eigenvalue weighted by Crippen LogP contribution is -2.46. The molecule has 1 saturated heterocycles. The summed E-state index contributed by atoms with van der Waals surface area (Å²) in [5.74, 6) is 0.513. The maximum absolute atomic E-state index is 12.8. The van der Waals surface area contributed by atoms with Crippen molar-refractivity contribution in [3.05, 3.63) is 53.1 Å². The molecule has 6 heteroatoms. The quantitative estimate of drug-likeness (QED) is 0.809. The van der Waals surface area contributed by atoms with Crippen LogP contribution < -0.4 is 15.0 Å². The Morgan fingerprint density at radius 2 is 1.85 bits per heavy atom. The molecule has 0 unspecified atom stereocenters. The fourth-order valence-electron chi connectivity index (χ4n) is 3.31. The number of amides is 1. The Kier molecular flexibility index (Phi) is 6.58. The number of rotatable bonds is 6. The molecule has 1 aliphatic rings. The first-order valence-corrected chi connectivity index (χ1v) is 9.80. The second kappa shape index (κ2) is 9.11. The second-order valence-corrected chi connectivity index (χ2v) is 6.88. The van der Waals surface area contributed by atoms with Gasteiger partial charge in [-0.2, -0.15) is 0 Å². The lowest BCUT2D eigenvalue weighted by molar-refractivity contribution is 0.102. The van der Waals surface area contributed by atoms with E-state index in [-0.39, 0.29) is 5.91 Å². The number of likely N-dealkylation sites (N-methyl/N-ethyl adjacent to an activating group) is 1. The fourth-order valence-corrected chi connectivity index (χ4v) is 3.61. The molecular formula is C21H26ClN3O2. The third kappa shape index (κ3) is 4.73. The molecule has 1 N–H and O–H groups in total. The highest BCUT2D eigenvalue weighted by Crippen LogP contribution is 2.35. The average Bonchev–Trinajstić information content (AvgIpc) is 2.69. The van der Waals surface area contributed by atoms with Crippen LogP contribution in [-0.4, -0.2) is 50.1 Å². The highest BCUT2D eigenvalue weighted by molar-refractivity contribution is 6.34. The topological polar surface area (TPSA) is 44.8 Å². The van der Waals surface area contributed by atoms with E-state index in [9.17, 15) is 4.79 Å². The highest BCUT2D eigenvalue weighted by atomic mass is 35.5. The van der Waals surface area contributed by atoms with E-state index in [1.807, 2.05) is 37.3 Å². The standard InChI is InChI=1S/C21H26ClN3O2/c1-3-24-11-13-25(14-12-24)20-18(22)9-6-10-19(20)23-21(26)16-7-5-8-17(15-16)27-4-2/h5-10,15H,3-4,11-14H2,1-2H3,(H,23,26). The number of benzene rings is 2. The minimum atomic E-state index is -0.174. The van der Waals surface area contributed by atoms with Gasteiger partial charge >= 0.3 is 0 Å². The van der Waals surface area contributed by atoms with Gasteiger partial charge in [-0.25, -0.2) is 0 Å². The average molecular weight is 388 g/mol. The summed E-state index contributed by atoms with van der Waals surface area (Å²) in [6.45, 7) is 9.47. The van der Waals surface area contributed by atoms with Crippen LogP contribution in [0.1, 0.15) is 24.2 Å². The van der Waals surface area contributed by atoms with E-state index in [0.717, 1.165) is 44.1 Å². The molecule has 27 heavy (non-hydrogen) atoms. The number of ether oxygens (including phenoxy) is 1. The fraction of sp³-hybridized carbons (Fsp3) is 0.381. The lowest BCUT2D eigenvalue weighted by atomic mass is 10.1. The Morgan fingerprint density at radius 1 is 1.11 bits per heavy atom. The van der Waals surface area contributed by atoms with Crippen LogP contribution in [0.4, 0.5) is 11.4 Å². The van der Waals surface area contributed by atoms with Gasteiger partial charge in [-0.1, -0.05) is 30.7 Å². The molecule has 144 valence electrons. The Balaban J connectivity index is 1.80. The van der Waals surface area contributed by atoms with Gasteiger partial charge in [0.05, 0.1) is 23.0 Å². The normalized spacial score (nSPS) is 14.9. The lowest BCUT2D eigenvalue weighted by Gasteiger charge is -2.36. The molecule has 0 radical (unpaired) electrons. The highest BCUT2D eigenvalue weighted by Gasteiger charge is 2.21. The summed E-state index contributed by atoms with van der Waals surface area (Å²) < 4.78 is 5.49. The molecule has 1 heterocycles. The largest absolute Gasteiger partial charge is 0.494 e. The van der Waals surface area contributed by atoms with Crippen molar-refractivity contribution < 1.29 is 9.53 Å².